The summed E-state index contributed by atoms with van der Waals surface area (Å²) in [5, 5.41) is 8.65. The van der Waals surface area contributed by atoms with E-state index in [2.05, 4.69) is 20.4 Å². The van der Waals surface area contributed by atoms with Crippen LogP contribution in [0, 0.1) is 6.92 Å². The number of urea groups is 1. The molecular formula is C17H18N6O3S. The van der Waals surface area contributed by atoms with E-state index in [4.69, 9.17) is 4.52 Å². The van der Waals surface area contributed by atoms with Crippen LogP contribution in [0.15, 0.2) is 26.8 Å². The number of aromatic nitrogens is 4. The molecule has 0 unspecified atom stereocenters. The maximum atomic E-state index is 12.4. The van der Waals surface area contributed by atoms with Gasteiger partial charge >= 0.3 is 6.03 Å². The third kappa shape index (κ3) is 3.47. The van der Waals surface area contributed by atoms with E-state index in [-0.39, 0.29) is 24.7 Å². The minimum atomic E-state index is -0.294. The van der Waals surface area contributed by atoms with E-state index in [0.29, 0.717) is 41.8 Å². The average molecular weight is 386 g/mol. The maximum absolute atomic E-state index is 12.4. The highest BCUT2D eigenvalue weighted by Crippen LogP contribution is 2.18. The zero-order valence-electron chi connectivity index (χ0n) is 14.9. The second-order valence-electron chi connectivity index (χ2n) is 6.32. The van der Waals surface area contributed by atoms with Crippen LogP contribution in [0.3, 0.4) is 0 Å². The summed E-state index contributed by atoms with van der Waals surface area (Å²) in [5.74, 6) is 1.56. The van der Waals surface area contributed by atoms with Crippen LogP contribution in [0.1, 0.15) is 33.7 Å². The lowest BCUT2D eigenvalue weighted by atomic mass is 10.2. The van der Waals surface area contributed by atoms with Gasteiger partial charge in [-0.05, 0) is 18.4 Å². The lowest BCUT2D eigenvalue weighted by Gasteiger charge is -2.14. The molecule has 0 saturated carbocycles. The molecule has 2 amide bonds. The molecule has 27 heavy (non-hydrogen) atoms. The minimum absolute atomic E-state index is 0.107. The Labute approximate surface area is 158 Å². The van der Waals surface area contributed by atoms with Crippen LogP contribution in [0.25, 0.3) is 0 Å². The predicted molar refractivity (Wildman–Crippen MR) is 97.1 cm³/mol. The standard InChI is InChI=1S/C17H18N6O3S/c1-10-19-13-9-23(8-12(13)16(24)22(10)2)17(25)18-7-14-20-15(26-21-14)6-11-4-3-5-27-11/h3-5H,6-9H2,1-2H3,(H,18,25). The van der Waals surface area contributed by atoms with Gasteiger partial charge in [0.15, 0.2) is 5.82 Å². The van der Waals surface area contributed by atoms with Crippen molar-refractivity contribution >= 4 is 17.4 Å². The van der Waals surface area contributed by atoms with E-state index >= 15 is 0 Å². The molecule has 0 spiro atoms. The van der Waals surface area contributed by atoms with E-state index < -0.39 is 0 Å². The molecule has 4 heterocycles. The lowest BCUT2D eigenvalue weighted by molar-refractivity contribution is 0.197. The fourth-order valence-electron chi connectivity index (χ4n) is 2.93. The molecule has 10 heteroatoms. The van der Waals surface area contributed by atoms with Gasteiger partial charge in [0.2, 0.25) is 5.89 Å². The quantitative estimate of drug-likeness (QED) is 0.725. The topological polar surface area (TPSA) is 106 Å². The number of carbonyl (C=O) groups excluding carboxylic acids is 1. The van der Waals surface area contributed by atoms with Gasteiger partial charge in [-0.15, -0.1) is 11.3 Å². The number of hydrogen-bond acceptors (Lipinski definition) is 7. The zero-order valence-corrected chi connectivity index (χ0v) is 15.7. The maximum Gasteiger partial charge on any atom is 0.318 e. The van der Waals surface area contributed by atoms with E-state index in [0.717, 1.165) is 4.88 Å². The van der Waals surface area contributed by atoms with Gasteiger partial charge in [-0.3, -0.25) is 9.36 Å². The summed E-state index contributed by atoms with van der Waals surface area (Å²) in [5.41, 5.74) is 1.11. The highest BCUT2D eigenvalue weighted by molar-refractivity contribution is 7.09. The van der Waals surface area contributed by atoms with Crippen molar-refractivity contribution in [3.63, 3.8) is 0 Å². The number of carbonyl (C=O) groups is 1. The second-order valence-corrected chi connectivity index (χ2v) is 7.36. The van der Waals surface area contributed by atoms with E-state index in [1.54, 1.807) is 30.2 Å². The SMILES string of the molecule is Cc1nc2c(c(=O)n1C)CN(C(=O)NCc1noc(Cc3cccs3)n1)C2. The van der Waals surface area contributed by atoms with Crippen molar-refractivity contribution in [1.29, 1.82) is 0 Å². The largest absolute Gasteiger partial charge is 0.339 e. The monoisotopic (exact) mass is 386 g/mol. The van der Waals surface area contributed by atoms with Gasteiger partial charge < -0.3 is 14.7 Å². The Morgan fingerprint density at radius 3 is 3.00 bits per heavy atom. The Morgan fingerprint density at radius 1 is 1.37 bits per heavy atom. The first-order valence-electron chi connectivity index (χ1n) is 8.43. The van der Waals surface area contributed by atoms with Crippen LogP contribution in [0.4, 0.5) is 4.79 Å². The Morgan fingerprint density at radius 2 is 2.22 bits per heavy atom. The van der Waals surface area contributed by atoms with Gasteiger partial charge in [0.1, 0.15) is 5.82 Å². The highest BCUT2D eigenvalue weighted by atomic mass is 32.1. The normalized spacial score (nSPS) is 13.0. The third-order valence-electron chi connectivity index (χ3n) is 4.48. The van der Waals surface area contributed by atoms with E-state index in [9.17, 15) is 9.59 Å². The average Bonchev–Trinajstić information content (AvgIpc) is 3.39. The van der Waals surface area contributed by atoms with Crippen LogP contribution < -0.4 is 10.9 Å². The Bertz CT molecular complexity index is 1040. The van der Waals surface area contributed by atoms with E-state index in [1.807, 2.05) is 17.5 Å². The third-order valence-corrected chi connectivity index (χ3v) is 5.36. The lowest BCUT2D eigenvalue weighted by Crippen LogP contribution is -2.36. The zero-order chi connectivity index (χ0) is 19.0. The Hall–Kier alpha value is -3.01. The summed E-state index contributed by atoms with van der Waals surface area (Å²) in [7, 11) is 1.68. The van der Waals surface area contributed by atoms with Crippen molar-refractivity contribution in [2.45, 2.75) is 33.0 Å². The molecule has 0 fully saturated rings. The first kappa shape index (κ1) is 17.4. The Balaban J connectivity index is 1.36. The number of hydrogen-bond donors (Lipinski definition) is 1. The summed E-state index contributed by atoms with van der Waals surface area (Å²) in [4.78, 5) is 36.1. The Kier molecular flexibility index (Phi) is 4.48. The molecule has 0 bridgehead atoms. The molecule has 0 radical (unpaired) electrons. The number of fused-ring (bicyclic) bond motifs is 1. The van der Waals surface area contributed by atoms with E-state index in [1.165, 1.54) is 4.57 Å². The molecule has 9 nitrogen and oxygen atoms in total. The van der Waals surface area contributed by atoms with Gasteiger partial charge in [-0.25, -0.2) is 9.78 Å². The number of amides is 2. The van der Waals surface area contributed by atoms with Crippen molar-refractivity contribution in [1.82, 2.24) is 29.9 Å². The molecule has 0 saturated heterocycles. The van der Waals surface area contributed by atoms with Crippen LogP contribution in [0.5, 0.6) is 0 Å². The molecule has 140 valence electrons. The van der Waals surface area contributed by atoms with Crippen LogP contribution in [0.2, 0.25) is 0 Å². The van der Waals surface area contributed by atoms with Crippen LogP contribution in [-0.2, 0) is 33.1 Å². The van der Waals surface area contributed by atoms with Gasteiger partial charge in [0, 0.05) is 11.9 Å². The summed E-state index contributed by atoms with van der Waals surface area (Å²) in [6.07, 6.45) is 0.578. The molecule has 0 aromatic carbocycles. The number of nitrogens with one attached hydrogen (secondary N) is 1. The number of rotatable bonds is 4. The second kappa shape index (κ2) is 6.95. The molecule has 4 rings (SSSR count). The first-order chi connectivity index (χ1) is 13.0. The van der Waals surface area contributed by atoms with Crippen molar-refractivity contribution in [2.24, 2.45) is 7.05 Å². The molecular weight excluding hydrogens is 368 g/mol. The fraction of sp³-hybridized carbons (Fsp3) is 0.353. The summed E-state index contributed by atoms with van der Waals surface area (Å²) in [6, 6.07) is 3.67. The van der Waals surface area contributed by atoms with Gasteiger partial charge in [-0.1, -0.05) is 11.2 Å². The van der Waals surface area contributed by atoms with Crippen LogP contribution in [-0.4, -0.2) is 30.6 Å². The molecule has 0 aliphatic carbocycles. The predicted octanol–water partition coefficient (Wildman–Crippen LogP) is 1.35. The van der Waals surface area contributed by atoms with Crippen molar-refractivity contribution in [3.05, 3.63) is 61.5 Å². The molecule has 1 aliphatic rings. The summed E-state index contributed by atoms with van der Waals surface area (Å²) in [6.45, 7) is 2.49. The molecule has 0 atom stereocenters. The number of thiophene rings is 1. The minimum Gasteiger partial charge on any atom is -0.339 e. The summed E-state index contributed by atoms with van der Waals surface area (Å²) < 4.78 is 6.71. The van der Waals surface area contributed by atoms with Crippen LogP contribution >= 0.6 is 11.3 Å². The van der Waals surface area contributed by atoms with Crippen molar-refractivity contribution in [3.8, 4) is 0 Å². The van der Waals surface area contributed by atoms with Gasteiger partial charge in [-0.2, -0.15) is 4.98 Å². The van der Waals surface area contributed by atoms with Gasteiger partial charge in [0.25, 0.3) is 5.56 Å². The fourth-order valence-corrected chi connectivity index (χ4v) is 3.63. The van der Waals surface area contributed by atoms with Gasteiger partial charge in [0.05, 0.1) is 37.3 Å². The highest BCUT2D eigenvalue weighted by Gasteiger charge is 2.28. The molecule has 3 aromatic heterocycles. The van der Waals surface area contributed by atoms with Crippen molar-refractivity contribution < 1.29 is 9.32 Å². The first-order valence-corrected chi connectivity index (χ1v) is 9.31. The molecule has 1 aliphatic heterocycles. The van der Waals surface area contributed by atoms with Crippen molar-refractivity contribution in [2.75, 3.05) is 0 Å². The summed E-state index contributed by atoms with van der Waals surface area (Å²) >= 11 is 1.62. The smallest absolute Gasteiger partial charge is 0.318 e. The number of nitrogens with zero attached hydrogens (tertiary/aromatic N) is 5. The molecule has 1 N–H and O–H groups in total. The molecule has 3 aromatic rings. The number of aryl methyl sites for hydroxylation is 1.